The van der Waals surface area contributed by atoms with Crippen molar-refractivity contribution in [3.63, 3.8) is 0 Å². The van der Waals surface area contributed by atoms with E-state index in [2.05, 4.69) is 21.2 Å². The Balaban J connectivity index is 1.93. The minimum Gasteiger partial charge on any atom is -0.444 e. The topological polar surface area (TPSA) is 50.8 Å². The summed E-state index contributed by atoms with van der Waals surface area (Å²) in [5.41, 5.74) is 1.54. The van der Waals surface area contributed by atoms with Gasteiger partial charge in [-0.15, -0.1) is 0 Å². The minimum atomic E-state index is -0.492. The molecule has 0 spiro atoms. The summed E-state index contributed by atoms with van der Waals surface area (Å²) >= 11 is 9.56. The van der Waals surface area contributed by atoms with E-state index < -0.39 is 5.60 Å². The third-order valence-electron chi connectivity index (χ3n) is 3.55. The molecular weight excluding hydrogens is 396 g/mol. The SMILES string of the molecule is Cc1cc(Cl)cc(Br)c1NC[C@@H]1CN(C(=O)OC(C)(C)C)CCO1. The van der Waals surface area contributed by atoms with Crippen molar-refractivity contribution in [3.05, 3.63) is 27.2 Å². The summed E-state index contributed by atoms with van der Waals surface area (Å²) in [5.74, 6) is 0. The number of benzene rings is 1. The molecule has 7 heteroatoms. The zero-order chi connectivity index (χ0) is 17.9. The van der Waals surface area contributed by atoms with Gasteiger partial charge < -0.3 is 19.7 Å². The molecule has 1 N–H and O–H groups in total. The Morgan fingerprint density at radius 3 is 2.83 bits per heavy atom. The van der Waals surface area contributed by atoms with Gasteiger partial charge in [0, 0.05) is 22.6 Å². The summed E-state index contributed by atoms with van der Waals surface area (Å²) in [6.45, 7) is 9.75. The smallest absolute Gasteiger partial charge is 0.410 e. The zero-order valence-electron chi connectivity index (χ0n) is 14.5. The van der Waals surface area contributed by atoms with E-state index in [4.69, 9.17) is 21.1 Å². The number of carbonyl (C=O) groups excluding carboxylic acids is 1. The van der Waals surface area contributed by atoms with Crippen molar-refractivity contribution in [2.24, 2.45) is 0 Å². The first-order valence-corrected chi connectivity index (χ1v) is 9.12. The predicted molar refractivity (Wildman–Crippen MR) is 99.9 cm³/mol. The first kappa shape index (κ1) is 19.3. The van der Waals surface area contributed by atoms with E-state index in [-0.39, 0.29) is 12.2 Å². The molecule has 1 saturated heterocycles. The van der Waals surface area contributed by atoms with Gasteiger partial charge in [-0.25, -0.2) is 4.79 Å². The van der Waals surface area contributed by atoms with Crippen LogP contribution in [0.2, 0.25) is 5.02 Å². The fourth-order valence-electron chi connectivity index (χ4n) is 2.48. The standard InChI is InChI=1S/C17H24BrClN2O3/c1-11-7-12(19)8-14(18)15(11)20-9-13-10-21(5-6-23-13)16(22)24-17(2,3)4/h7-8,13,20H,5-6,9-10H2,1-4H3/t13-/m1/s1. The van der Waals surface area contributed by atoms with Gasteiger partial charge >= 0.3 is 6.09 Å². The van der Waals surface area contributed by atoms with Crippen LogP contribution in [0.4, 0.5) is 10.5 Å². The van der Waals surface area contributed by atoms with Crippen molar-refractivity contribution in [2.75, 3.05) is 31.6 Å². The Bertz CT molecular complexity index is 581. The Hall–Kier alpha value is -0.980. The van der Waals surface area contributed by atoms with E-state index in [9.17, 15) is 4.79 Å². The minimum absolute atomic E-state index is 0.0896. The highest BCUT2D eigenvalue weighted by Crippen LogP contribution is 2.30. The summed E-state index contributed by atoms with van der Waals surface area (Å²) in [6.07, 6.45) is -0.382. The highest BCUT2D eigenvalue weighted by Gasteiger charge is 2.28. The van der Waals surface area contributed by atoms with E-state index in [0.717, 1.165) is 15.7 Å². The van der Waals surface area contributed by atoms with E-state index in [1.54, 1.807) is 4.90 Å². The summed E-state index contributed by atoms with van der Waals surface area (Å²) in [5, 5.41) is 4.07. The lowest BCUT2D eigenvalue weighted by molar-refractivity contribution is -0.0371. The molecule has 1 amide bonds. The van der Waals surface area contributed by atoms with Crippen molar-refractivity contribution in [1.29, 1.82) is 0 Å². The predicted octanol–water partition coefficient (Wildman–Crippen LogP) is 4.46. The summed E-state index contributed by atoms with van der Waals surface area (Å²) in [4.78, 5) is 13.9. The second-order valence-electron chi connectivity index (χ2n) is 6.88. The maximum atomic E-state index is 12.2. The molecule has 1 aromatic carbocycles. The summed E-state index contributed by atoms with van der Waals surface area (Å²) < 4.78 is 12.1. The van der Waals surface area contributed by atoms with E-state index >= 15 is 0 Å². The average molecular weight is 420 g/mol. The summed E-state index contributed by atoms with van der Waals surface area (Å²) in [6, 6.07) is 3.76. The van der Waals surface area contributed by atoms with Gasteiger partial charge in [0.15, 0.2) is 0 Å². The normalized spacial score (nSPS) is 18.4. The van der Waals surface area contributed by atoms with Crippen molar-refractivity contribution >= 4 is 39.3 Å². The zero-order valence-corrected chi connectivity index (χ0v) is 16.8. The highest BCUT2D eigenvalue weighted by molar-refractivity contribution is 9.10. The molecule has 134 valence electrons. The molecule has 2 rings (SSSR count). The number of amides is 1. The van der Waals surface area contributed by atoms with Gasteiger partial charge in [-0.3, -0.25) is 0 Å². The molecule has 1 aliphatic rings. The van der Waals surface area contributed by atoms with Crippen LogP contribution in [0.5, 0.6) is 0 Å². The lowest BCUT2D eigenvalue weighted by atomic mass is 10.2. The van der Waals surface area contributed by atoms with E-state index in [1.807, 2.05) is 39.8 Å². The number of carbonyl (C=O) groups is 1. The number of halogens is 2. The van der Waals surface area contributed by atoms with Gasteiger partial charge in [-0.05, 0) is 61.3 Å². The number of nitrogens with one attached hydrogen (secondary N) is 1. The second-order valence-corrected chi connectivity index (χ2v) is 8.17. The van der Waals surface area contributed by atoms with Gasteiger partial charge in [0.1, 0.15) is 5.60 Å². The maximum Gasteiger partial charge on any atom is 0.410 e. The van der Waals surface area contributed by atoms with Gasteiger partial charge in [-0.1, -0.05) is 11.6 Å². The molecule has 0 bridgehead atoms. The first-order valence-electron chi connectivity index (χ1n) is 7.95. The number of aryl methyl sites for hydroxylation is 1. The van der Waals surface area contributed by atoms with Gasteiger partial charge in [-0.2, -0.15) is 0 Å². The van der Waals surface area contributed by atoms with Crippen LogP contribution in [0.1, 0.15) is 26.3 Å². The molecule has 1 aromatic rings. The molecule has 0 aromatic heterocycles. The maximum absolute atomic E-state index is 12.2. The molecule has 0 unspecified atom stereocenters. The number of morpholine rings is 1. The summed E-state index contributed by atoms with van der Waals surface area (Å²) in [7, 11) is 0. The lowest BCUT2D eigenvalue weighted by Crippen LogP contribution is -2.49. The number of hydrogen-bond acceptors (Lipinski definition) is 4. The molecule has 1 atom stereocenters. The van der Waals surface area contributed by atoms with Gasteiger partial charge in [0.25, 0.3) is 0 Å². The molecule has 1 fully saturated rings. The van der Waals surface area contributed by atoms with Crippen molar-refractivity contribution in [1.82, 2.24) is 4.90 Å². The van der Waals surface area contributed by atoms with Crippen LogP contribution in [0.25, 0.3) is 0 Å². The van der Waals surface area contributed by atoms with Crippen LogP contribution in [-0.4, -0.2) is 48.9 Å². The molecule has 0 radical (unpaired) electrons. The third-order valence-corrected chi connectivity index (χ3v) is 4.39. The van der Waals surface area contributed by atoms with Crippen LogP contribution >= 0.6 is 27.5 Å². The highest BCUT2D eigenvalue weighted by atomic mass is 79.9. The van der Waals surface area contributed by atoms with Crippen LogP contribution < -0.4 is 5.32 Å². The number of ether oxygens (including phenoxy) is 2. The number of anilines is 1. The Labute approximate surface area is 156 Å². The fourth-order valence-corrected chi connectivity index (χ4v) is 3.58. The molecule has 24 heavy (non-hydrogen) atoms. The fraction of sp³-hybridized carbons (Fsp3) is 0.588. The van der Waals surface area contributed by atoms with Crippen molar-refractivity contribution < 1.29 is 14.3 Å². The molecular formula is C17H24BrClN2O3. The quantitative estimate of drug-likeness (QED) is 0.786. The van der Waals surface area contributed by atoms with Crippen molar-refractivity contribution in [2.45, 2.75) is 39.4 Å². The number of rotatable bonds is 3. The Kier molecular flexibility index (Phi) is 6.39. The average Bonchev–Trinajstić information content (AvgIpc) is 2.44. The number of hydrogen-bond donors (Lipinski definition) is 1. The third kappa shape index (κ3) is 5.53. The van der Waals surface area contributed by atoms with Crippen LogP contribution in [-0.2, 0) is 9.47 Å². The first-order chi connectivity index (χ1) is 11.2. The Morgan fingerprint density at radius 2 is 2.21 bits per heavy atom. The molecule has 1 heterocycles. The van der Waals surface area contributed by atoms with Crippen molar-refractivity contribution in [3.8, 4) is 0 Å². The molecule has 0 saturated carbocycles. The molecule has 1 aliphatic heterocycles. The van der Waals surface area contributed by atoms with Crippen LogP contribution in [0.3, 0.4) is 0 Å². The van der Waals surface area contributed by atoms with Crippen LogP contribution in [0, 0.1) is 6.92 Å². The lowest BCUT2D eigenvalue weighted by Gasteiger charge is -2.34. The van der Waals surface area contributed by atoms with Crippen LogP contribution in [0.15, 0.2) is 16.6 Å². The van der Waals surface area contributed by atoms with E-state index in [1.165, 1.54) is 0 Å². The second kappa shape index (κ2) is 7.93. The monoisotopic (exact) mass is 418 g/mol. The van der Waals surface area contributed by atoms with Gasteiger partial charge in [0.2, 0.25) is 0 Å². The number of nitrogens with zero attached hydrogens (tertiary/aromatic N) is 1. The Morgan fingerprint density at radius 1 is 1.50 bits per heavy atom. The van der Waals surface area contributed by atoms with Gasteiger partial charge in [0.05, 0.1) is 24.9 Å². The molecule has 0 aliphatic carbocycles. The molecule has 5 nitrogen and oxygen atoms in total. The van der Waals surface area contributed by atoms with E-state index in [0.29, 0.717) is 31.3 Å². The largest absolute Gasteiger partial charge is 0.444 e.